The molecule has 1 saturated heterocycles. The molecule has 100 valence electrons. The Morgan fingerprint density at radius 1 is 1.37 bits per heavy atom. The van der Waals surface area contributed by atoms with Crippen LogP contribution in [0, 0.1) is 5.92 Å². The van der Waals surface area contributed by atoms with Gasteiger partial charge >= 0.3 is 0 Å². The summed E-state index contributed by atoms with van der Waals surface area (Å²) in [5.41, 5.74) is 8.92. The number of hydrogen-bond donors (Lipinski definition) is 1. The molecule has 0 bridgehead atoms. The fraction of sp³-hybridized carbons (Fsp3) is 0.438. The van der Waals surface area contributed by atoms with Crippen LogP contribution in [-0.4, -0.2) is 18.1 Å². The lowest BCUT2D eigenvalue weighted by Crippen LogP contribution is -2.19. The second-order valence-corrected chi connectivity index (χ2v) is 5.50. The summed E-state index contributed by atoms with van der Waals surface area (Å²) in [5.74, 6) is 0.849. The van der Waals surface area contributed by atoms with Gasteiger partial charge in [-0.25, -0.2) is 0 Å². The predicted molar refractivity (Wildman–Crippen MR) is 81.4 cm³/mol. The number of nitrogens with two attached hydrogens (primary N) is 1. The van der Waals surface area contributed by atoms with Crippen LogP contribution in [0.1, 0.15) is 26.2 Å². The minimum Gasteiger partial charge on any atom is -0.399 e. The van der Waals surface area contributed by atoms with E-state index in [9.17, 15) is 0 Å². The predicted octanol–water partition coefficient (Wildman–Crippen LogP) is 3.44. The maximum Gasteiger partial charge on any atom is 0.0743 e. The largest absolute Gasteiger partial charge is 0.399 e. The topological polar surface area (TPSA) is 42.2 Å². The fourth-order valence-corrected chi connectivity index (χ4v) is 3.12. The number of rotatable bonds is 3. The molecule has 1 unspecified atom stereocenters. The van der Waals surface area contributed by atoms with Crippen molar-refractivity contribution < 1.29 is 0 Å². The van der Waals surface area contributed by atoms with E-state index in [1.165, 1.54) is 36.9 Å². The van der Waals surface area contributed by atoms with Crippen LogP contribution in [0.4, 0.5) is 11.4 Å². The van der Waals surface area contributed by atoms with Gasteiger partial charge < -0.3 is 10.6 Å². The molecule has 1 aromatic heterocycles. The number of benzene rings is 1. The molecule has 0 aliphatic carbocycles. The van der Waals surface area contributed by atoms with Gasteiger partial charge in [0.25, 0.3) is 0 Å². The standard InChI is InChI=1S/C16H21N3/c1-2-3-12-7-9-19(11-12)16-6-8-18-15-10-13(17)4-5-14(15)16/h4-6,8,10,12H,2-3,7,9,11,17H2,1H3. The molecule has 2 aromatic rings. The average molecular weight is 255 g/mol. The quantitative estimate of drug-likeness (QED) is 0.854. The molecule has 3 rings (SSSR count). The molecule has 0 saturated carbocycles. The number of nitrogen functional groups attached to an aromatic ring is 1. The molecule has 0 spiro atoms. The first-order valence-electron chi connectivity index (χ1n) is 7.17. The molecule has 2 N–H and O–H groups in total. The SMILES string of the molecule is CCCC1CCN(c2ccnc3cc(N)ccc23)C1. The summed E-state index contributed by atoms with van der Waals surface area (Å²) < 4.78 is 0. The number of hydrogen-bond acceptors (Lipinski definition) is 3. The highest BCUT2D eigenvalue weighted by atomic mass is 15.2. The maximum atomic E-state index is 5.84. The molecular weight excluding hydrogens is 234 g/mol. The zero-order chi connectivity index (χ0) is 13.2. The van der Waals surface area contributed by atoms with E-state index < -0.39 is 0 Å². The Morgan fingerprint density at radius 3 is 3.11 bits per heavy atom. The number of fused-ring (bicyclic) bond motifs is 1. The van der Waals surface area contributed by atoms with Crippen LogP contribution in [0.25, 0.3) is 10.9 Å². The van der Waals surface area contributed by atoms with Crippen LogP contribution in [-0.2, 0) is 0 Å². The van der Waals surface area contributed by atoms with E-state index in [1.54, 1.807) is 0 Å². The Labute approximate surface area is 114 Å². The number of nitrogens with zero attached hydrogens (tertiary/aromatic N) is 2. The van der Waals surface area contributed by atoms with Crippen molar-refractivity contribution in [2.75, 3.05) is 23.7 Å². The summed E-state index contributed by atoms with van der Waals surface area (Å²) in [6.45, 7) is 4.61. The molecule has 0 amide bonds. The van der Waals surface area contributed by atoms with Crippen LogP contribution in [0.2, 0.25) is 0 Å². The zero-order valence-electron chi connectivity index (χ0n) is 11.5. The first kappa shape index (κ1) is 12.3. The summed E-state index contributed by atoms with van der Waals surface area (Å²) in [6.07, 6.45) is 5.83. The Balaban J connectivity index is 1.93. The highest BCUT2D eigenvalue weighted by Gasteiger charge is 2.23. The minimum absolute atomic E-state index is 0.780. The third kappa shape index (κ3) is 2.37. The Bertz CT molecular complexity index is 579. The Morgan fingerprint density at radius 2 is 2.26 bits per heavy atom. The zero-order valence-corrected chi connectivity index (χ0v) is 11.5. The molecule has 1 fully saturated rings. The van der Waals surface area contributed by atoms with Crippen molar-refractivity contribution >= 4 is 22.3 Å². The highest BCUT2D eigenvalue weighted by molar-refractivity contribution is 5.93. The van der Waals surface area contributed by atoms with E-state index >= 15 is 0 Å². The number of pyridine rings is 1. The average Bonchev–Trinajstić information content (AvgIpc) is 2.86. The lowest BCUT2D eigenvalue weighted by molar-refractivity contribution is 0.530. The Hall–Kier alpha value is -1.77. The monoisotopic (exact) mass is 255 g/mol. The summed E-state index contributed by atoms with van der Waals surface area (Å²) >= 11 is 0. The number of anilines is 2. The molecule has 1 aliphatic heterocycles. The van der Waals surface area contributed by atoms with Crippen molar-refractivity contribution in [3.05, 3.63) is 30.5 Å². The van der Waals surface area contributed by atoms with Gasteiger partial charge in [-0.1, -0.05) is 13.3 Å². The summed E-state index contributed by atoms with van der Waals surface area (Å²) in [6, 6.07) is 8.15. The van der Waals surface area contributed by atoms with Crippen molar-refractivity contribution in [3.8, 4) is 0 Å². The maximum absolute atomic E-state index is 5.84. The number of aromatic nitrogens is 1. The lowest BCUT2D eigenvalue weighted by Gasteiger charge is -2.20. The molecule has 3 heteroatoms. The first-order valence-corrected chi connectivity index (χ1v) is 7.17. The fourth-order valence-electron chi connectivity index (χ4n) is 3.12. The smallest absolute Gasteiger partial charge is 0.0743 e. The molecule has 1 aliphatic rings. The van der Waals surface area contributed by atoms with Gasteiger partial charge in [0.1, 0.15) is 0 Å². The Kier molecular flexibility index (Phi) is 3.28. The van der Waals surface area contributed by atoms with Crippen molar-refractivity contribution in [2.24, 2.45) is 5.92 Å². The van der Waals surface area contributed by atoms with Crippen molar-refractivity contribution in [3.63, 3.8) is 0 Å². The summed E-state index contributed by atoms with van der Waals surface area (Å²) in [7, 11) is 0. The van der Waals surface area contributed by atoms with Gasteiger partial charge in [0.05, 0.1) is 5.52 Å². The molecular formula is C16H21N3. The van der Waals surface area contributed by atoms with Crippen LogP contribution < -0.4 is 10.6 Å². The van der Waals surface area contributed by atoms with Gasteiger partial charge in [0.2, 0.25) is 0 Å². The lowest BCUT2D eigenvalue weighted by atomic mass is 10.0. The van der Waals surface area contributed by atoms with E-state index in [2.05, 4.69) is 28.9 Å². The van der Waals surface area contributed by atoms with Crippen molar-refractivity contribution in [1.29, 1.82) is 0 Å². The summed E-state index contributed by atoms with van der Waals surface area (Å²) in [4.78, 5) is 6.92. The van der Waals surface area contributed by atoms with E-state index in [1.807, 2.05) is 18.3 Å². The normalized spacial score (nSPS) is 19.2. The van der Waals surface area contributed by atoms with E-state index in [0.717, 1.165) is 23.7 Å². The third-order valence-corrected chi connectivity index (χ3v) is 4.07. The van der Waals surface area contributed by atoms with Gasteiger partial charge in [0.15, 0.2) is 0 Å². The molecule has 1 aromatic carbocycles. The van der Waals surface area contributed by atoms with Crippen LogP contribution in [0.3, 0.4) is 0 Å². The van der Waals surface area contributed by atoms with Gasteiger partial charge in [-0.3, -0.25) is 4.98 Å². The minimum atomic E-state index is 0.780. The van der Waals surface area contributed by atoms with E-state index in [-0.39, 0.29) is 0 Å². The second-order valence-electron chi connectivity index (χ2n) is 5.50. The molecule has 2 heterocycles. The van der Waals surface area contributed by atoms with Crippen LogP contribution in [0.5, 0.6) is 0 Å². The second kappa shape index (κ2) is 5.08. The van der Waals surface area contributed by atoms with Gasteiger partial charge in [-0.05, 0) is 43.0 Å². The summed E-state index contributed by atoms with van der Waals surface area (Å²) in [5, 5.41) is 1.22. The van der Waals surface area contributed by atoms with Gasteiger partial charge in [-0.2, -0.15) is 0 Å². The molecule has 3 nitrogen and oxygen atoms in total. The molecule has 19 heavy (non-hydrogen) atoms. The molecule has 1 atom stereocenters. The van der Waals surface area contributed by atoms with Gasteiger partial charge in [0, 0.05) is 36.0 Å². The van der Waals surface area contributed by atoms with Crippen molar-refractivity contribution in [1.82, 2.24) is 4.98 Å². The van der Waals surface area contributed by atoms with E-state index in [0.29, 0.717) is 0 Å². The van der Waals surface area contributed by atoms with Crippen LogP contribution in [0.15, 0.2) is 30.5 Å². The third-order valence-electron chi connectivity index (χ3n) is 4.07. The first-order chi connectivity index (χ1) is 9.28. The van der Waals surface area contributed by atoms with Crippen LogP contribution >= 0.6 is 0 Å². The van der Waals surface area contributed by atoms with E-state index in [4.69, 9.17) is 5.73 Å². The molecule has 0 radical (unpaired) electrons. The van der Waals surface area contributed by atoms with Gasteiger partial charge in [-0.15, -0.1) is 0 Å². The highest BCUT2D eigenvalue weighted by Crippen LogP contribution is 2.31. The van der Waals surface area contributed by atoms with Crippen molar-refractivity contribution in [2.45, 2.75) is 26.2 Å².